The number of hydrogen-bond acceptors (Lipinski definition) is 3. The van der Waals surface area contributed by atoms with E-state index in [9.17, 15) is 9.59 Å². The van der Waals surface area contributed by atoms with E-state index < -0.39 is 0 Å². The number of carbonyl (C=O) groups excluding carboxylic acids is 2. The maximum Gasteiger partial charge on any atom is 0.321 e. The largest absolute Gasteiger partial charge is 0.321 e. The zero-order valence-corrected chi connectivity index (χ0v) is 19.8. The minimum atomic E-state index is -0.141. The minimum Gasteiger partial charge on any atom is -0.317 e. The van der Waals surface area contributed by atoms with Crippen molar-refractivity contribution >= 4 is 11.8 Å². The fourth-order valence-corrected chi connectivity index (χ4v) is 6.19. The fourth-order valence-electron chi connectivity index (χ4n) is 6.19. The normalized spacial score (nSPS) is 30.2. The lowest BCUT2D eigenvalue weighted by molar-refractivity contribution is -0.119. The van der Waals surface area contributed by atoms with Crippen molar-refractivity contribution in [1.29, 1.82) is 0 Å². The summed E-state index contributed by atoms with van der Waals surface area (Å²) in [6.45, 7) is 6.02. The summed E-state index contributed by atoms with van der Waals surface area (Å²) in [7, 11) is 4.37. The fraction of sp³-hybridized carbons (Fsp3) is 0.692. The van der Waals surface area contributed by atoms with E-state index in [1.54, 1.807) is 0 Å². The summed E-state index contributed by atoms with van der Waals surface area (Å²) in [6.07, 6.45) is 8.18. The Morgan fingerprint density at radius 3 is 2.19 bits per heavy atom. The van der Waals surface area contributed by atoms with Gasteiger partial charge in [-0.15, -0.1) is 0 Å². The Labute approximate surface area is 187 Å². The molecule has 2 saturated carbocycles. The first-order valence-electron chi connectivity index (χ1n) is 12.0. The molecule has 1 aromatic rings. The van der Waals surface area contributed by atoms with Gasteiger partial charge in [0.2, 0.25) is 0 Å². The molecule has 0 atom stereocenters. The van der Waals surface area contributed by atoms with E-state index >= 15 is 0 Å². The van der Waals surface area contributed by atoms with Gasteiger partial charge in [-0.25, -0.2) is 4.79 Å². The van der Waals surface area contributed by atoms with E-state index in [0.29, 0.717) is 13.0 Å². The van der Waals surface area contributed by atoms with Crippen LogP contribution in [-0.2, 0) is 10.3 Å². The van der Waals surface area contributed by atoms with E-state index in [0.717, 1.165) is 32.2 Å². The van der Waals surface area contributed by atoms with Crippen molar-refractivity contribution in [3.8, 4) is 0 Å². The van der Waals surface area contributed by atoms with Gasteiger partial charge in [-0.3, -0.25) is 9.69 Å². The molecule has 0 aromatic heterocycles. The molecule has 1 aromatic carbocycles. The molecule has 4 rings (SSSR count). The van der Waals surface area contributed by atoms with E-state index in [-0.39, 0.29) is 34.9 Å². The third-order valence-corrected chi connectivity index (χ3v) is 8.60. The average molecular weight is 426 g/mol. The minimum absolute atomic E-state index is 0.00819. The average Bonchev–Trinajstić information content (AvgIpc) is 2.99. The van der Waals surface area contributed by atoms with Gasteiger partial charge in [0.1, 0.15) is 0 Å². The molecular formula is C26H39N3O2. The van der Waals surface area contributed by atoms with Crippen LogP contribution in [0.25, 0.3) is 0 Å². The quantitative estimate of drug-likeness (QED) is 0.638. The van der Waals surface area contributed by atoms with Crippen LogP contribution in [0.4, 0.5) is 4.79 Å². The number of urea groups is 1. The van der Waals surface area contributed by atoms with Gasteiger partial charge in [-0.1, -0.05) is 50.6 Å². The van der Waals surface area contributed by atoms with Crippen molar-refractivity contribution in [2.45, 2.75) is 76.3 Å². The Morgan fingerprint density at radius 2 is 1.68 bits per heavy atom. The Kier molecular flexibility index (Phi) is 5.93. The molecule has 5 heteroatoms. The van der Waals surface area contributed by atoms with Gasteiger partial charge >= 0.3 is 6.03 Å². The second kappa shape index (κ2) is 8.23. The number of rotatable bonds is 7. The van der Waals surface area contributed by atoms with Crippen LogP contribution in [0.3, 0.4) is 0 Å². The standard InChI is InChI=1S/C26H39N3O2/c1-5-22(30)18-28-20-25(29(23(28)31)19-24(2)12-9-13-24)14-16-26(17-15-25,27(3)4)21-10-7-6-8-11-21/h6-8,10-11H,5,9,12-20H2,1-4H3. The monoisotopic (exact) mass is 425 g/mol. The summed E-state index contributed by atoms with van der Waals surface area (Å²) < 4.78 is 0. The molecule has 5 nitrogen and oxygen atoms in total. The lowest BCUT2D eigenvalue weighted by atomic mass is 9.66. The van der Waals surface area contributed by atoms with Gasteiger partial charge < -0.3 is 9.80 Å². The molecule has 0 radical (unpaired) electrons. The first kappa shape index (κ1) is 22.3. The van der Waals surface area contributed by atoms with Crippen LogP contribution in [-0.4, -0.2) is 65.8 Å². The summed E-state index contributed by atoms with van der Waals surface area (Å²) in [5, 5.41) is 0. The Bertz CT molecular complexity index is 807. The molecule has 3 aliphatic rings. The van der Waals surface area contributed by atoms with Crippen molar-refractivity contribution < 1.29 is 9.59 Å². The van der Waals surface area contributed by atoms with E-state index in [4.69, 9.17) is 0 Å². The lowest BCUT2D eigenvalue weighted by Gasteiger charge is -2.53. The summed E-state index contributed by atoms with van der Waals surface area (Å²) in [5.74, 6) is 0.155. The first-order valence-corrected chi connectivity index (χ1v) is 12.0. The van der Waals surface area contributed by atoms with Gasteiger partial charge in [0.25, 0.3) is 0 Å². The van der Waals surface area contributed by atoms with Gasteiger partial charge in [-0.05, 0) is 63.6 Å². The molecule has 0 bridgehead atoms. The predicted octanol–water partition coefficient (Wildman–Crippen LogP) is 4.66. The van der Waals surface area contributed by atoms with Crippen molar-refractivity contribution in [3.63, 3.8) is 0 Å². The number of Topliss-reactive ketones (excluding diaryl/α,β-unsaturated/α-hetero) is 1. The van der Waals surface area contributed by atoms with Crippen LogP contribution in [0.1, 0.15) is 70.8 Å². The second-order valence-electron chi connectivity index (χ2n) is 10.8. The van der Waals surface area contributed by atoms with Gasteiger partial charge in [-0.2, -0.15) is 0 Å². The van der Waals surface area contributed by atoms with Crippen molar-refractivity contribution in [1.82, 2.24) is 14.7 Å². The van der Waals surface area contributed by atoms with E-state index in [1.165, 1.54) is 24.8 Å². The molecule has 3 fully saturated rings. The SMILES string of the molecule is CCC(=O)CN1CC2(CCC(c3ccccc3)(N(C)C)CC2)N(CC2(C)CCC2)C1=O. The Balaban J connectivity index is 1.60. The van der Waals surface area contributed by atoms with Gasteiger partial charge in [0, 0.05) is 25.0 Å². The highest BCUT2D eigenvalue weighted by Gasteiger charge is 2.56. The molecule has 2 aliphatic carbocycles. The van der Waals surface area contributed by atoms with Crippen LogP contribution in [0.5, 0.6) is 0 Å². The summed E-state index contributed by atoms with van der Waals surface area (Å²) in [6, 6.07) is 10.9. The Morgan fingerprint density at radius 1 is 1.03 bits per heavy atom. The molecule has 170 valence electrons. The molecule has 0 N–H and O–H groups in total. The number of ketones is 1. The second-order valence-corrected chi connectivity index (χ2v) is 10.8. The van der Waals surface area contributed by atoms with Crippen molar-refractivity contribution in [2.24, 2.45) is 5.41 Å². The molecule has 31 heavy (non-hydrogen) atoms. The molecule has 2 amide bonds. The maximum absolute atomic E-state index is 13.5. The molecule has 1 aliphatic heterocycles. The van der Waals surface area contributed by atoms with Gasteiger partial charge in [0.05, 0.1) is 12.1 Å². The molecule has 1 saturated heterocycles. The highest BCUT2D eigenvalue weighted by molar-refractivity contribution is 5.87. The highest BCUT2D eigenvalue weighted by atomic mass is 16.2. The van der Waals surface area contributed by atoms with Crippen LogP contribution < -0.4 is 0 Å². The lowest BCUT2D eigenvalue weighted by Crippen LogP contribution is -2.57. The summed E-state index contributed by atoms with van der Waals surface area (Å²) in [5.41, 5.74) is 1.48. The predicted molar refractivity (Wildman–Crippen MR) is 124 cm³/mol. The highest BCUT2D eigenvalue weighted by Crippen LogP contribution is 2.51. The van der Waals surface area contributed by atoms with E-state index in [2.05, 4.69) is 61.2 Å². The van der Waals surface area contributed by atoms with Crippen molar-refractivity contribution in [2.75, 3.05) is 33.7 Å². The summed E-state index contributed by atoms with van der Waals surface area (Å²) >= 11 is 0. The first-order chi connectivity index (χ1) is 14.7. The van der Waals surface area contributed by atoms with Crippen LogP contribution in [0.2, 0.25) is 0 Å². The molecular weight excluding hydrogens is 386 g/mol. The number of hydrogen-bond donors (Lipinski definition) is 0. The van der Waals surface area contributed by atoms with Gasteiger partial charge in [0.15, 0.2) is 5.78 Å². The smallest absolute Gasteiger partial charge is 0.317 e. The number of nitrogens with zero attached hydrogens (tertiary/aromatic N) is 3. The maximum atomic E-state index is 13.5. The van der Waals surface area contributed by atoms with Crippen LogP contribution >= 0.6 is 0 Å². The number of carbonyl (C=O) groups is 2. The third-order valence-electron chi connectivity index (χ3n) is 8.60. The zero-order valence-electron chi connectivity index (χ0n) is 19.8. The molecule has 1 heterocycles. The number of amides is 2. The topological polar surface area (TPSA) is 43.9 Å². The molecule has 1 spiro atoms. The van der Waals surface area contributed by atoms with E-state index in [1.807, 2.05) is 11.8 Å². The Hall–Kier alpha value is -1.88. The van der Waals surface area contributed by atoms with Crippen LogP contribution in [0.15, 0.2) is 30.3 Å². The number of benzene rings is 1. The molecule has 0 unspecified atom stereocenters. The summed E-state index contributed by atoms with van der Waals surface area (Å²) in [4.78, 5) is 32.1. The zero-order chi connectivity index (χ0) is 22.3. The van der Waals surface area contributed by atoms with Crippen LogP contribution in [0, 0.1) is 5.41 Å². The third kappa shape index (κ3) is 3.90. The van der Waals surface area contributed by atoms with Crippen molar-refractivity contribution in [3.05, 3.63) is 35.9 Å².